The van der Waals surface area contributed by atoms with Gasteiger partial charge in [-0.05, 0) is 0 Å². The molecule has 0 nitrogen and oxygen atoms in total. The Kier molecular flexibility index (Phi) is 14.9. The van der Waals surface area contributed by atoms with Crippen molar-refractivity contribution in [3.8, 4) is 0 Å². The van der Waals surface area contributed by atoms with Crippen LogP contribution in [0.4, 0.5) is 0 Å². The molecule has 0 radical (unpaired) electrons. The largest absolute Gasteiger partial charge is 4.00 e. The fraction of sp³-hybridized carbons (Fsp3) is 0.412. The summed E-state index contributed by atoms with van der Waals surface area (Å²) in [6.07, 6.45) is 7.02. The van der Waals surface area contributed by atoms with Gasteiger partial charge in [-0.15, -0.1) is 6.42 Å². The smallest absolute Gasteiger partial charge is 1.00 e. The van der Waals surface area contributed by atoms with Gasteiger partial charge in [0.05, 0.1) is 0 Å². The second-order valence-electron chi connectivity index (χ2n) is 5.62. The minimum atomic E-state index is -1.53. The molecule has 0 saturated carbocycles. The van der Waals surface area contributed by atoms with Crippen molar-refractivity contribution in [3.05, 3.63) is 53.3 Å². The Morgan fingerprint density at radius 3 is 2.09 bits per heavy atom. The third kappa shape index (κ3) is 5.54. The van der Waals surface area contributed by atoms with Gasteiger partial charge < -0.3 is 37.2 Å². The van der Waals surface area contributed by atoms with Crippen LogP contribution in [0.3, 0.4) is 0 Å². The van der Waals surface area contributed by atoms with Crippen LogP contribution in [0.5, 0.6) is 0 Å². The first kappa shape index (κ1) is 27.4. The molecule has 1 aromatic rings. The molecular weight excluding hydrogens is 386 g/mol. The predicted molar refractivity (Wildman–Crippen MR) is 82.5 cm³/mol. The van der Waals surface area contributed by atoms with Gasteiger partial charge in [-0.25, -0.2) is 5.57 Å². The monoisotopic (exact) mass is 408 g/mol. The van der Waals surface area contributed by atoms with Crippen LogP contribution in [0.25, 0.3) is 0 Å². The van der Waals surface area contributed by atoms with Crippen molar-refractivity contribution in [1.82, 2.24) is 0 Å². The van der Waals surface area contributed by atoms with Gasteiger partial charge in [-0.3, -0.25) is 6.08 Å². The maximum Gasteiger partial charge on any atom is 4.00 e. The third-order valence-corrected chi connectivity index (χ3v) is 8.86. The first-order valence-electron chi connectivity index (χ1n) is 6.97. The van der Waals surface area contributed by atoms with E-state index in [4.69, 9.17) is 0 Å². The summed E-state index contributed by atoms with van der Waals surface area (Å²) in [5, 5.41) is 3.19. The molecule has 0 fully saturated rings. The van der Waals surface area contributed by atoms with Crippen molar-refractivity contribution in [1.29, 1.82) is 0 Å². The van der Waals surface area contributed by atoms with E-state index in [1.807, 2.05) is 0 Å². The van der Waals surface area contributed by atoms with Crippen LogP contribution < -0.4 is 42.4 Å². The number of allylic oxidation sites excluding steroid dienone is 4. The second kappa shape index (κ2) is 11.9. The van der Waals surface area contributed by atoms with Crippen LogP contribution in [0.1, 0.15) is 27.2 Å². The molecule has 0 spiro atoms. The average molecular weight is 410 g/mol. The van der Waals surface area contributed by atoms with E-state index in [0.717, 1.165) is 6.42 Å². The zero-order valence-electron chi connectivity index (χ0n) is 13.6. The molecule has 2 rings (SSSR count). The summed E-state index contributed by atoms with van der Waals surface area (Å²) in [5.41, 5.74) is 1.48. The molecule has 0 aliphatic heterocycles. The standard InChI is InChI=1S/C17H23Si.3ClH.Ti/c1-5-18(4,15-10-7-6-8-11-15)17-13-9-12-16(17)14(2)3;;;;/h6-8,10-11,13-14H,5,9H2,1-4H3;3*1H;/q-1;;;;+4/p-3. The zero-order chi connectivity index (χ0) is 13.2. The van der Waals surface area contributed by atoms with E-state index in [0.29, 0.717) is 5.92 Å². The minimum Gasteiger partial charge on any atom is -1.00 e. The summed E-state index contributed by atoms with van der Waals surface area (Å²) < 4.78 is 0. The number of hydrogen-bond acceptors (Lipinski definition) is 0. The molecule has 22 heavy (non-hydrogen) atoms. The molecule has 0 N–H and O–H groups in total. The summed E-state index contributed by atoms with van der Waals surface area (Å²) in [6.45, 7) is 9.42. The van der Waals surface area contributed by atoms with Crippen LogP contribution in [-0.2, 0) is 21.7 Å². The molecule has 5 heteroatoms. The van der Waals surface area contributed by atoms with Crippen molar-refractivity contribution >= 4 is 13.3 Å². The Hall–Kier alpha value is 0.501. The first-order valence-corrected chi connectivity index (χ1v) is 9.67. The predicted octanol–water partition coefficient (Wildman–Crippen LogP) is -4.74. The van der Waals surface area contributed by atoms with E-state index in [-0.39, 0.29) is 58.9 Å². The fourth-order valence-corrected chi connectivity index (χ4v) is 6.41. The molecule has 0 bridgehead atoms. The van der Waals surface area contributed by atoms with Gasteiger partial charge in [0.15, 0.2) is 0 Å². The van der Waals surface area contributed by atoms with Crippen LogP contribution in [-0.4, -0.2) is 8.07 Å². The van der Waals surface area contributed by atoms with E-state index in [1.54, 1.807) is 10.4 Å². The van der Waals surface area contributed by atoms with Gasteiger partial charge in [-0.2, -0.15) is 11.3 Å². The first-order chi connectivity index (χ1) is 8.59. The molecule has 0 heterocycles. The molecule has 1 aliphatic rings. The number of rotatable bonds is 4. The molecule has 0 saturated heterocycles. The van der Waals surface area contributed by atoms with E-state index in [9.17, 15) is 0 Å². The molecule has 0 amide bonds. The Morgan fingerprint density at radius 1 is 1.09 bits per heavy atom. The molecule has 1 aliphatic carbocycles. The second-order valence-corrected chi connectivity index (χ2v) is 10.1. The van der Waals surface area contributed by atoms with Crippen molar-refractivity contribution in [3.63, 3.8) is 0 Å². The van der Waals surface area contributed by atoms with Gasteiger partial charge in [0, 0.05) is 8.07 Å². The Morgan fingerprint density at radius 2 is 1.64 bits per heavy atom. The van der Waals surface area contributed by atoms with E-state index in [2.05, 4.69) is 69.8 Å². The van der Waals surface area contributed by atoms with E-state index >= 15 is 0 Å². The molecule has 1 atom stereocenters. The average Bonchev–Trinajstić information content (AvgIpc) is 2.89. The normalized spacial score (nSPS) is 15.1. The van der Waals surface area contributed by atoms with Crippen LogP contribution in [0.15, 0.2) is 47.2 Å². The third-order valence-electron chi connectivity index (χ3n) is 4.18. The van der Waals surface area contributed by atoms with Gasteiger partial charge in [0.2, 0.25) is 0 Å². The van der Waals surface area contributed by atoms with Crippen molar-refractivity contribution in [2.45, 2.75) is 39.8 Å². The zero-order valence-corrected chi connectivity index (χ0v) is 18.4. The molecule has 120 valence electrons. The molecule has 0 aromatic heterocycles. The number of hydrogen-bond donors (Lipinski definition) is 0. The number of halogens is 3. The van der Waals surface area contributed by atoms with Gasteiger partial charge in [-0.1, -0.05) is 74.8 Å². The molecule has 1 unspecified atom stereocenters. The Labute approximate surface area is 170 Å². The van der Waals surface area contributed by atoms with Gasteiger partial charge in [0.1, 0.15) is 0 Å². The fourth-order valence-electron chi connectivity index (χ4n) is 2.86. The maximum absolute atomic E-state index is 3.57. The number of benzene rings is 1. The SMILES string of the molecule is CC[Si](C)(C1=CC[C-]=C1C(C)C)c1ccccc1.[Cl-].[Cl-].[Cl-].[Ti+4]. The van der Waals surface area contributed by atoms with E-state index < -0.39 is 8.07 Å². The Balaban J connectivity index is -0.000000902. The van der Waals surface area contributed by atoms with Crippen LogP contribution >= 0.6 is 0 Å². The summed E-state index contributed by atoms with van der Waals surface area (Å²) in [7, 11) is -1.53. The maximum atomic E-state index is 3.57. The van der Waals surface area contributed by atoms with Crippen molar-refractivity contribution in [2.24, 2.45) is 5.92 Å². The summed E-state index contributed by atoms with van der Waals surface area (Å²) in [6, 6.07) is 12.4. The summed E-state index contributed by atoms with van der Waals surface area (Å²) in [4.78, 5) is 0. The Bertz CT molecular complexity index is 486. The van der Waals surface area contributed by atoms with Gasteiger partial charge >= 0.3 is 21.7 Å². The van der Waals surface area contributed by atoms with Crippen LogP contribution in [0.2, 0.25) is 12.6 Å². The quantitative estimate of drug-likeness (QED) is 0.346. The van der Waals surface area contributed by atoms with Gasteiger partial charge in [0.25, 0.3) is 0 Å². The van der Waals surface area contributed by atoms with Crippen LogP contribution in [0, 0.1) is 12.0 Å². The van der Waals surface area contributed by atoms with E-state index in [1.165, 1.54) is 11.6 Å². The molecule has 1 aromatic carbocycles. The minimum absolute atomic E-state index is 0. The van der Waals surface area contributed by atoms with Crippen molar-refractivity contribution in [2.75, 3.05) is 0 Å². The van der Waals surface area contributed by atoms with Crippen molar-refractivity contribution < 1.29 is 58.9 Å². The molecular formula is C17H23Cl3SiTi. The topological polar surface area (TPSA) is 0 Å². The summed E-state index contributed by atoms with van der Waals surface area (Å²) >= 11 is 0. The summed E-state index contributed by atoms with van der Waals surface area (Å²) in [5.74, 6) is 0.598.